The highest BCUT2D eigenvalue weighted by atomic mass is 35.5. The van der Waals surface area contributed by atoms with E-state index in [4.69, 9.17) is 21.1 Å². The Hall–Kier alpha value is -2.32. The molecule has 0 fully saturated rings. The van der Waals surface area contributed by atoms with Crippen LogP contribution in [0, 0.1) is 0 Å². The molecule has 2 heterocycles. The smallest absolute Gasteiger partial charge is 0.259 e. The Morgan fingerprint density at radius 3 is 2.81 bits per heavy atom. The van der Waals surface area contributed by atoms with Crippen LogP contribution in [0.1, 0.15) is 22.8 Å². The largest absolute Gasteiger partial charge is 0.495 e. The molecule has 0 saturated heterocycles. The van der Waals surface area contributed by atoms with Gasteiger partial charge in [0.1, 0.15) is 22.3 Å². The number of ether oxygens (including phenoxy) is 2. The van der Waals surface area contributed by atoms with Crippen LogP contribution in [0.4, 0.5) is 0 Å². The zero-order valence-electron chi connectivity index (χ0n) is 15.1. The lowest BCUT2D eigenvalue weighted by molar-refractivity contribution is 0.0769. The second-order valence-electron chi connectivity index (χ2n) is 6.36. The highest BCUT2D eigenvalue weighted by Gasteiger charge is 2.27. The highest BCUT2D eigenvalue weighted by molar-refractivity contribution is 7.90. The van der Waals surface area contributed by atoms with Gasteiger partial charge in [0.15, 0.2) is 9.84 Å². The van der Waals surface area contributed by atoms with E-state index in [1.165, 1.54) is 36.4 Å². The van der Waals surface area contributed by atoms with Crippen molar-refractivity contribution in [1.82, 2.24) is 9.88 Å². The minimum Gasteiger partial charge on any atom is -0.495 e. The number of carbonyl (C=O) groups excluding carboxylic acids is 1. The average molecular weight is 411 g/mol. The van der Waals surface area contributed by atoms with Crippen molar-refractivity contribution in [1.29, 1.82) is 0 Å². The Balaban J connectivity index is 1.98. The van der Waals surface area contributed by atoms with E-state index in [9.17, 15) is 13.2 Å². The fraction of sp³-hybridized carbons (Fsp3) is 0.333. The van der Waals surface area contributed by atoms with E-state index in [0.29, 0.717) is 12.1 Å². The molecule has 27 heavy (non-hydrogen) atoms. The lowest BCUT2D eigenvalue weighted by atomic mass is 10.2. The molecule has 1 aromatic heterocycles. The summed E-state index contributed by atoms with van der Waals surface area (Å²) in [7, 11) is -0.719. The van der Waals surface area contributed by atoms with Crippen molar-refractivity contribution < 1.29 is 22.7 Å². The maximum Gasteiger partial charge on any atom is 0.259 e. The molecule has 0 N–H and O–H groups in total. The standard InChI is InChI=1S/C18H19ClN2O5S/c1-11-9-21(2)18(22)14-6-12(8-20-17(14)26-11)10-27(23,24)16-7-13(19)4-5-15(16)25-3/h4-8,11H,9-10H2,1-3H3. The Morgan fingerprint density at radius 2 is 2.11 bits per heavy atom. The molecule has 1 aliphatic rings. The number of nitrogens with zero attached hydrogens (tertiary/aromatic N) is 2. The molecule has 7 nitrogen and oxygen atoms in total. The first-order valence-corrected chi connectivity index (χ1v) is 10.2. The zero-order chi connectivity index (χ0) is 19.8. The molecular weight excluding hydrogens is 392 g/mol. The first-order chi connectivity index (χ1) is 12.7. The van der Waals surface area contributed by atoms with Crippen molar-refractivity contribution in [3.8, 4) is 11.6 Å². The summed E-state index contributed by atoms with van der Waals surface area (Å²) in [5.41, 5.74) is 0.614. The molecule has 1 amide bonds. The Morgan fingerprint density at radius 1 is 1.37 bits per heavy atom. The topological polar surface area (TPSA) is 85.8 Å². The minimum atomic E-state index is -3.77. The third-order valence-electron chi connectivity index (χ3n) is 4.15. The Labute approximate surface area is 162 Å². The van der Waals surface area contributed by atoms with Gasteiger partial charge in [-0.2, -0.15) is 0 Å². The van der Waals surface area contributed by atoms with Crippen molar-refractivity contribution in [2.45, 2.75) is 23.7 Å². The van der Waals surface area contributed by atoms with E-state index in [-0.39, 0.29) is 44.9 Å². The highest BCUT2D eigenvalue weighted by Crippen LogP contribution is 2.30. The van der Waals surface area contributed by atoms with Crippen molar-refractivity contribution in [2.75, 3.05) is 20.7 Å². The van der Waals surface area contributed by atoms with Crippen molar-refractivity contribution in [3.63, 3.8) is 0 Å². The number of methoxy groups -OCH3 is 1. The van der Waals surface area contributed by atoms with Gasteiger partial charge in [-0.05, 0) is 36.8 Å². The summed E-state index contributed by atoms with van der Waals surface area (Å²) >= 11 is 5.95. The Kier molecular flexibility index (Phi) is 5.30. The van der Waals surface area contributed by atoms with E-state index in [0.717, 1.165) is 0 Å². The first kappa shape index (κ1) is 19.4. The zero-order valence-corrected chi connectivity index (χ0v) is 16.7. The van der Waals surface area contributed by atoms with Crippen LogP contribution in [0.3, 0.4) is 0 Å². The number of pyridine rings is 1. The number of rotatable bonds is 4. The third kappa shape index (κ3) is 4.01. The van der Waals surface area contributed by atoms with E-state index in [1.807, 2.05) is 6.92 Å². The van der Waals surface area contributed by atoms with Gasteiger partial charge in [-0.1, -0.05) is 11.6 Å². The molecule has 9 heteroatoms. The molecule has 3 rings (SSSR count). The van der Waals surface area contributed by atoms with Crippen LogP contribution in [-0.4, -0.2) is 51.0 Å². The van der Waals surface area contributed by atoms with Gasteiger partial charge in [0.2, 0.25) is 5.88 Å². The molecule has 0 bridgehead atoms. The number of likely N-dealkylation sites (N-methyl/N-ethyl adjacent to an activating group) is 1. The van der Waals surface area contributed by atoms with Crippen LogP contribution in [0.2, 0.25) is 5.02 Å². The summed E-state index contributed by atoms with van der Waals surface area (Å²) in [6.45, 7) is 2.26. The molecule has 144 valence electrons. The number of sulfone groups is 1. The maximum absolute atomic E-state index is 12.9. The fourth-order valence-corrected chi connectivity index (χ4v) is 4.67. The first-order valence-electron chi connectivity index (χ1n) is 8.18. The van der Waals surface area contributed by atoms with Gasteiger partial charge < -0.3 is 14.4 Å². The van der Waals surface area contributed by atoms with Crippen LogP contribution in [-0.2, 0) is 15.6 Å². The second-order valence-corrected chi connectivity index (χ2v) is 8.76. The summed E-state index contributed by atoms with van der Waals surface area (Å²) in [6.07, 6.45) is 1.19. The fourth-order valence-electron chi connectivity index (χ4n) is 2.91. The minimum absolute atomic E-state index is 0.0132. The lowest BCUT2D eigenvalue weighted by Crippen LogP contribution is -2.32. The molecule has 1 atom stereocenters. The quantitative estimate of drug-likeness (QED) is 0.770. The van der Waals surface area contributed by atoms with Crippen LogP contribution in [0.5, 0.6) is 11.6 Å². The van der Waals surface area contributed by atoms with Gasteiger partial charge in [-0.15, -0.1) is 0 Å². The summed E-state index contributed by atoms with van der Waals surface area (Å²) < 4.78 is 36.5. The summed E-state index contributed by atoms with van der Waals surface area (Å²) in [4.78, 5) is 18.2. The van der Waals surface area contributed by atoms with Crippen molar-refractivity contribution >= 4 is 27.3 Å². The number of aromatic nitrogens is 1. The van der Waals surface area contributed by atoms with E-state index < -0.39 is 9.84 Å². The van der Waals surface area contributed by atoms with Gasteiger partial charge in [-0.3, -0.25) is 4.79 Å². The summed E-state index contributed by atoms with van der Waals surface area (Å²) in [5.74, 6) is -0.203. The molecular formula is C18H19ClN2O5S. The normalized spacial score (nSPS) is 17.1. The van der Waals surface area contributed by atoms with Gasteiger partial charge in [-0.25, -0.2) is 13.4 Å². The number of hydrogen-bond donors (Lipinski definition) is 0. The van der Waals surface area contributed by atoms with E-state index in [1.54, 1.807) is 13.1 Å². The average Bonchev–Trinajstić information content (AvgIpc) is 2.71. The second kappa shape index (κ2) is 7.36. The predicted octanol–water partition coefficient (Wildman–Crippen LogP) is 2.57. The molecule has 0 saturated carbocycles. The number of fused-ring (bicyclic) bond motifs is 1. The number of amides is 1. The van der Waals surface area contributed by atoms with Crippen molar-refractivity contribution in [3.05, 3.63) is 46.6 Å². The molecule has 0 aliphatic carbocycles. The van der Waals surface area contributed by atoms with Crippen LogP contribution < -0.4 is 9.47 Å². The SMILES string of the molecule is COc1ccc(Cl)cc1S(=O)(=O)Cc1cnc2c(c1)C(=O)N(C)CC(C)O2. The number of benzene rings is 1. The van der Waals surface area contributed by atoms with Crippen molar-refractivity contribution in [2.24, 2.45) is 0 Å². The van der Waals surface area contributed by atoms with Gasteiger partial charge in [0.05, 0.1) is 19.4 Å². The van der Waals surface area contributed by atoms with E-state index >= 15 is 0 Å². The third-order valence-corrected chi connectivity index (χ3v) is 6.08. The van der Waals surface area contributed by atoms with Gasteiger partial charge >= 0.3 is 0 Å². The van der Waals surface area contributed by atoms with Crippen LogP contribution in [0.25, 0.3) is 0 Å². The summed E-state index contributed by atoms with van der Waals surface area (Å²) in [5, 5.41) is 0.286. The molecule has 1 aliphatic heterocycles. The number of carbonyl (C=O) groups is 1. The van der Waals surface area contributed by atoms with Crippen LogP contribution >= 0.6 is 11.6 Å². The molecule has 0 spiro atoms. The lowest BCUT2D eigenvalue weighted by Gasteiger charge is -2.15. The number of hydrogen-bond acceptors (Lipinski definition) is 6. The molecule has 1 unspecified atom stereocenters. The monoisotopic (exact) mass is 410 g/mol. The van der Waals surface area contributed by atoms with Gasteiger partial charge in [0.25, 0.3) is 5.91 Å². The maximum atomic E-state index is 12.9. The molecule has 0 radical (unpaired) electrons. The van der Waals surface area contributed by atoms with Gasteiger partial charge in [0, 0.05) is 18.3 Å². The van der Waals surface area contributed by atoms with E-state index in [2.05, 4.69) is 4.98 Å². The summed E-state index contributed by atoms with van der Waals surface area (Å²) in [6, 6.07) is 5.90. The molecule has 2 aromatic rings. The molecule has 1 aromatic carbocycles. The predicted molar refractivity (Wildman–Crippen MR) is 100 cm³/mol. The van der Waals surface area contributed by atoms with Crippen LogP contribution in [0.15, 0.2) is 35.4 Å². The number of halogens is 1. The Bertz CT molecular complexity index is 993.